The summed E-state index contributed by atoms with van der Waals surface area (Å²) in [5, 5.41) is 1.14. The van der Waals surface area contributed by atoms with Crippen molar-refractivity contribution in [3.05, 3.63) is 12.2 Å². The highest BCUT2D eigenvalue weighted by Gasteiger charge is 2.37. The van der Waals surface area contributed by atoms with Gasteiger partial charge in [0.15, 0.2) is 0 Å². The van der Waals surface area contributed by atoms with Gasteiger partial charge >= 0.3 is 0 Å². The Morgan fingerprint density at radius 1 is 1.31 bits per heavy atom. The fourth-order valence-corrected chi connectivity index (χ4v) is 3.12. The molecule has 2 bridgehead atoms. The molecule has 3 atom stereocenters. The maximum Gasteiger partial charge on any atom is 0.00827 e. The van der Waals surface area contributed by atoms with Crippen LogP contribution in [-0.4, -0.2) is 5.33 Å². The summed E-state index contributed by atoms with van der Waals surface area (Å²) in [6, 6.07) is 0. The molecule has 0 aromatic carbocycles. The minimum absolute atomic E-state index is 0.489. The van der Waals surface area contributed by atoms with E-state index in [1.54, 1.807) is 0 Å². The summed E-state index contributed by atoms with van der Waals surface area (Å²) < 4.78 is 0. The number of fused-ring (bicyclic) bond motifs is 2. The van der Waals surface area contributed by atoms with Gasteiger partial charge in [-0.05, 0) is 42.4 Å². The third-order valence-electron chi connectivity index (χ3n) is 3.59. The Bertz CT molecular complexity index is 217. The average Bonchev–Trinajstić information content (AvgIpc) is 2.64. The van der Waals surface area contributed by atoms with Gasteiger partial charge in [0.05, 0.1) is 0 Å². The number of alkyl halides is 1. The summed E-state index contributed by atoms with van der Waals surface area (Å²) in [5.41, 5.74) is 0.489. The van der Waals surface area contributed by atoms with E-state index in [0.29, 0.717) is 5.41 Å². The largest absolute Gasteiger partial charge is 0.0922 e. The highest BCUT2D eigenvalue weighted by Crippen LogP contribution is 2.48. The summed E-state index contributed by atoms with van der Waals surface area (Å²) in [5.74, 6) is 2.83. The molecule has 74 valence electrons. The van der Waals surface area contributed by atoms with Crippen molar-refractivity contribution in [2.75, 3.05) is 5.33 Å². The van der Waals surface area contributed by atoms with Crippen LogP contribution in [-0.2, 0) is 0 Å². The molecule has 1 heteroatoms. The molecule has 0 nitrogen and oxygen atoms in total. The van der Waals surface area contributed by atoms with Crippen molar-refractivity contribution < 1.29 is 0 Å². The van der Waals surface area contributed by atoms with E-state index in [1.165, 1.54) is 19.3 Å². The van der Waals surface area contributed by atoms with Crippen LogP contribution in [0.5, 0.6) is 0 Å². The lowest BCUT2D eigenvalue weighted by Gasteiger charge is -2.28. The van der Waals surface area contributed by atoms with Crippen LogP contribution in [0, 0.1) is 23.2 Å². The lowest BCUT2D eigenvalue weighted by atomic mass is 9.79. The number of allylic oxidation sites excluding steroid dienone is 2. The topological polar surface area (TPSA) is 0 Å². The number of hydrogen-bond donors (Lipinski definition) is 0. The van der Waals surface area contributed by atoms with Crippen LogP contribution in [0.25, 0.3) is 0 Å². The van der Waals surface area contributed by atoms with E-state index >= 15 is 0 Å². The maximum absolute atomic E-state index is 3.61. The first-order valence-electron chi connectivity index (χ1n) is 5.35. The molecule has 2 aliphatic carbocycles. The van der Waals surface area contributed by atoms with Gasteiger partial charge < -0.3 is 0 Å². The van der Waals surface area contributed by atoms with Gasteiger partial charge in [-0.25, -0.2) is 0 Å². The van der Waals surface area contributed by atoms with Gasteiger partial charge in [-0.2, -0.15) is 0 Å². The quantitative estimate of drug-likeness (QED) is 0.519. The molecule has 0 spiro atoms. The summed E-state index contributed by atoms with van der Waals surface area (Å²) >= 11 is 3.61. The van der Waals surface area contributed by atoms with Gasteiger partial charge in [-0.15, -0.1) is 0 Å². The molecule has 0 amide bonds. The SMILES string of the molecule is CC(C)(CBr)CC1CC2C=CC1C2. The van der Waals surface area contributed by atoms with Gasteiger partial charge in [0.1, 0.15) is 0 Å². The molecule has 2 aliphatic rings. The normalized spacial score (nSPS) is 37.3. The molecule has 0 N–H and O–H groups in total. The molecule has 0 radical (unpaired) electrons. The number of rotatable bonds is 3. The Morgan fingerprint density at radius 2 is 2.08 bits per heavy atom. The molecule has 3 unspecified atom stereocenters. The van der Waals surface area contributed by atoms with Crippen LogP contribution in [0.2, 0.25) is 0 Å². The predicted octanol–water partition coefficient (Wildman–Crippen LogP) is 4.01. The van der Waals surface area contributed by atoms with Crippen LogP contribution < -0.4 is 0 Å². The molecule has 0 saturated heterocycles. The van der Waals surface area contributed by atoms with Gasteiger partial charge in [-0.1, -0.05) is 41.9 Å². The van der Waals surface area contributed by atoms with Crippen LogP contribution in [0.15, 0.2) is 12.2 Å². The molecule has 1 saturated carbocycles. The number of hydrogen-bond acceptors (Lipinski definition) is 0. The van der Waals surface area contributed by atoms with Gasteiger partial charge in [0.2, 0.25) is 0 Å². The monoisotopic (exact) mass is 242 g/mol. The Kier molecular flexibility index (Phi) is 2.57. The highest BCUT2D eigenvalue weighted by atomic mass is 79.9. The zero-order valence-electron chi connectivity index (χ0n) is 8.59. The molecule has 13 heavy (non-hydrogen) atoms. The van der Waals surface area contributed by atoms with E-state index < -0.39 is 0 Å². The molecular formula is C12H19Br. The lowest BCUT2D eigenvalue weighted by Crippen LogP contribution is -2.20. The second kappa shape index (κ2) is 3.42. The average molecular weight is 243 g/mol. The minimum atomic E-state index is 0.489. The first-order valence-corrected chi connectivity index (χ1v) is 6.47. The molecule has 0 aliphatic heterocycles. The molecule has 0 aromatic rings. The van der Waals surface area contributed by atoms with Gasteiger partial charge in [0, 0.05) is 5.33 Å². The Morgan fingerprint density at radius 3 is 2.54 bits per heavy atom. The van der Waals surface area contributed by atoms with Crippen LogP contribution in [0.1, 0.15) is 33.1 Å². The van der Waals surface area contributed by atoms with Crippen molar-refractivity contribution in [3.63, 3.8) is 0 Å². The van der Waals surface area contributed by atoms with Crippen LogP contribution in [0.4, 0.5) is 0 Å². The van der Waals surface area contributed by atoms with Crippen molar-refractivity contribution in [2.45, 2.75) is 33.1 Å². The van der Waals surface area contributed by atoms with Crippen molar-refractivity contribution in [1.29, 1.82) is 0 Å². The summed E-state index contributed by atoms with van der Waals surface area (Å²) in [6.45, 7) is 4.74. The predicted molar refractivity (Wildman–Crippen MR) is 61.0 cm³/mol. The van der Waals surface area contributed by atoms with Crippen molar-refractivity contribution in [3.8, 4) is 0 Å². The van der Waals surface area contributed by atoms with Crippen molar-refractivity contribution in [1.82, 2.24) is 0 Å². The van der Waals surface area contributed by atoms with E-state index in [0.717, 1.165) is 23.1 Å². The van der Waals surface area contributed by atoms with E-state index in [4.69, 9.17) is 0 Å². The first-order chi connectivity index (χ1) is 6.11. The summed E-state index contributed by atoms with van der Waals surface area (Å²) in [7, 11) is 0. The van der Waals surface area contributed by atoms with Gasteiger partial charge in [-0.3, -0.25) is 0 Å². The zero-order chi connectivity index (χ0) is 9.47. The van der Waals surface area contributed by atoms with E-state index in [2.05, 4.69) is 41.9 Å². The maximum atomic E-state index is 3.61. The summed E-state index contributed by atoms with van der Waals surface area (Å²) in [4.78, 5) is 0. The second-order valence-corrected chi connectivity index (χ2v) is 6.10. The number of halogens is 1. The summed E-state index contributed by atoms with van der Waals surface area (Å²) in [6.07, 6.45) is 9.19. The molecule has 2 rings (SSSR count). The molecule has 0 aromatic heterocycles. The van der Waals surface area contributed by atoms with Crippen molar-refractivity contribution >= 4 is 15.9 Å². The van der Waals surface area contributed by atoms with E-state index in [1.807, 2.05) is 0 Å². The molecule has 1 fully saturated rings. The second-order valence-electron chi connectivity index (χ2n) is 5.54. The molecular weight excluding hydrogens is 224 g/mol. The zero-order valence-corrected chi connectivity index (χ0v) is 10.2. The highest BCUT2D eigenvalue weighted by molar-refractivity contribution is 9.09. The fraction of sp³-hybridized carbons (Fsp3) is 0.833. The van der Waals surface area contributed by atoms with Crippen molar-refractivity contribution in [2.24, 2.45) is 23.2 Å². The van der Waals surface area contributed by atoms with E-state index in [-0.39, 0.29) is 0 Å². The standard InChI is InChI=1S/C12H19Br/c1-12(2,8-13)7-11-6-9-3-4-10(11)5-9/h3-4,9-11H,5-8H2,1-2H3. The van der Waals surface area contributed by atoms with E-state index in [9.17, 15) is 0 Å². The third kappa shape index (κ3) is 2.01. The van der Waals surface area contributed by atoms with Crippen LogP contribution >= 0.6 is 15.9 Å². The first kappa shape index (κ1) is 9.76. The minimum Gasteiger partial charge on any atom is -0.0922 e. The third-order valence-corrected chi connectivity index (χ3v) is 5.11. The van der Waals surface area contributed by atoms with Crippen LogP contribution in [0.3, 0.4) is 0 Å². The fourth-order valence-electron chi connectivity index (χ4n) is 2.89. The smallest absolute Gasteiger partial charge is 0.00827 e. The molecule has 0 heterocycles. The Balaban J connectivity index is 1.94. The van der Waals surface area contributed by atoms with Gasteiger partial charge in [0.25, 0.3) is 0 Å². The lowest BCUT2D eigenvalue weighted by molar-refractivity contribution is 0.273. The Hall–Kier alpha value is 0.220. The Labute approximate surface area is 89.9 Å².